The second-order valence-corrected chi connectivity index (χ2v) is 5.82. The monoisotopic (exact) mass is 260 g/mol. The molecule has 0 aromatic heterocycles. The first-order chi connectivity index (χ1) is 9.08. The van der Waals surface area contributed by atoms with Gasteiger partial charge in [-0.15, -0.1) is 0 Å². The van der Waals surface area contributed by atoms with Crippen LogP contribution in [0.4, 0.5) is 0 Å². The minimum Gasteiger partial charge on any atom is -0.467 e. The number of epoxide rings is 1. The van der Waals surface area contributed by atoms with Crippen LogP contribution in [0.1, 0.15) is 37.8 Å². The molecule has 3 nitrogen and oxygen atoms in total. The summed E-state index contributed by atoms with van der Waals surface area (Å²) >= 11 is 0. The van der Waals surface area contributed by atoms with Gasteiger partial charge in [-0.1, -0.05) is 38.1 Å². The highest BCUT2D eigenvalue weighted by atomic mass is 16.7. The predicted octanol–water partition coefficient (Wildman–Crippen LogP) is 2.82. The SMILES string of the molecule is COC(=O)C1(C(C)C)OC12CCCc1ccccc12. The zero-order valence-electron chi connectivity index (χ0n) is 11.7. The van der Waals surface area contributed by atoms with Gasteiger partial charge in [-0.25, -0.2) is 4.79 Å². The maximum absolute atomic E-state index is 12.3. The Morgan fingerprint density at radius 1 is 1.37 bits per heavy atom. The molecule has 1 aromatic rings. The van der Waals surface area contributed by atoms with Gasteiger partial charge in [0.2, 0.25) is 5.60 Å². The largest absolute Gasteiger partial charge is 0.467 e. The molecular weight excluding hydrogens is 240 g/mol. The van der Waals surface area contributed by atoms with Gasteiger partial charge in [-0.05, 0) is 36.3 Å². The summed E-state index contributed by atoms with van der Waals surface area (Å²) in [6.07, 6.45) is 3.02. The standard InChI is InChI=1S/C16H20O3/c1-11(2)16(14(17)18-3)15(19-16)10-6-8-12-7-4-5-9-13(12)15/h4-5,7,9,11H,6,8,10H2,1-3H3. The van der Waals surface area contributed by atoms with Crippen LogP contribution in [0.3, 0.4) is 0 Å². The van der Waals surface area contributed by atoms with Gasteiger partial charge in [0.1, 0.15) is 5.60 Å². The van der Waals surface area contributed by atoms with Crippen LogP contribution in [0.5, 0.6) is 0 Å². The van der Waals surface area contributed by atoms with E-state index in [1.54, 1.807) is 0 Å². The Morgan fingerprint density at radius 3 is 2.79 bits per heavy atom. The molecule has 2 unspecified atom stereocenters. The molecule has 19 heavy (non-hydrogen) atoms. The molecule has 2 atom stereocenters. The lowest BCUT2D eigenvalue weighted by Gasteiger charge is -2.27. The maximum Gasteiger partial charge on any atom is 0.341 e. The first-order valence-corrected chi connectivity index (χ1v) is 6.95. The van der Waals surface area contributed by atoms with Crippen LogP contribution in [0.25, 0.3) is 0 Å². The van der Waals surface area contributed by atoms with Gasteiger partial charge in [-0.2, -0.15) is 0 Å². The van der Waals surface area contributed by atoms with Crippen molar-refractivity contribution in [2.45, 2.75) is 44.3 Å². The van der Waals surface area contributed by atoms with Crippen molar-refractivity contribution >= 4 is 5.97 Å². The van der Waals surface area contributed by atoms with Crippen molar-refractivity contribution in [3.8, 4) is 0 Å². The van der Waals surface area contributed by atoms with E-state index in [9.17, 15) is 4.79 Å². The molecule has 0 bridgehead atoms. The number of fused-ring (bicyclic) bond motifs is 2. The van der Waals surface area contributed by atoms with Crippen LogP contribution in [0.15, 0.2) is 24.3 Å². The number of benzene rings is 1. The molecule has 0 N–H and O–H groups in total. The number of esters is 1. The molecule has 1 fully saturated rings. The lowest BCUT2D eigenvalue weighted by molar-refractivity contribution is -0.148. The summed E-state index contributed by atoms with van der Waals surface area (Å²) < 4.78 is 11.1. The summed E-state index contributed by atoms with van der Waals surface area (Å²) in [6, 6.07) is 8.31. The van der Waals surface area contributed by atoms with Crippen molar-refractivity contribution in [3.63, 3.8) is 0 Å². The number of hydrogen-bond donors (Lipinski definition) is 0. The fraction of sp³-hybridized carbons (Fsp3) is 0.562. The molecule has 3 heteroatoms. The van der Waals surface area contributed by atoms with Crippen LogP contribution in [-0.4, -0.2) is 18.7 Å². The molecule has 0 amide bonds. The third-order valence-electron chi connectivity index (χ3n) is 4.62. The van der Waals surface area contributed by atoms with Crippen LogP contribution in [0, 0.1) is 5.92 Å². The fourth-order valence-corrected chi connectivity index (χ4v) is 3.71. The Morgan fingerprint density at radius 2 is 2.11 bits per heavy atom. The molecule has 1 spiro atoms. The van der Waals surface area contributed by atoms with Gasteiger partial charge in [0.15, 0.2) is 0 Å². The van der Waals surface area contributed by atoms with E-state index in [1.807, 2.05) is 19.9 Å². The molecule has 0 saturated carbocycles. The van der Waals surface area contributed by atoms with Crippen molar-refractivity contribution < 1.29 is 14.3 Å². The van der Waals surface area contributed by atoms with Crippen LogP contribution >= 0.6 is 0 Å². The van der Waals surface area contributed by atoms with Gasteiger partial charge < -0.3 is 9.47 Å². The quantitative estimate of drug-likeness (QED) is 0.606. The Bertz CT molecular complexity index is 522. The molecule has 0 radical (unpaired) electrons. The molecule has 3 rings (SSSR count). The van der Waals surface area contributed by atoms with E-state index in [0.29, 0.717) is 0 Å². The predicted molar refractivity (Wildman–Crippen MR) is 71.7 cm³/mol. The average molecular weight is 260 g/mol. The van der Waals surface area contributed by atoms with E-state index in [-0.39, 0.29) is 11.9 Å². The fourth-order valence-electron chi connectivity index (χ4n) is 3.71. The van der Waals surface area contributed by atoms with Gasteiger partial charge in [-0.3, -0.25) is 0 Å². The summed E-state index contributed by atoms with van der Waals surface area (Å²) in [4.78, 5) is 12.3. The third kappa shape index (κ3) is 1.45. The van der Waals surface area contributed by atoms with E-state index >= 15 is 0 Å². The number of carbonyl (C=O) groups is 1. The zero-order chi connectivity index (χ0) is 13.7. The molecule has 1 saturated heterocycles. The van der Waals surface area contributed by atoms with E-state index < -0.39 is 11.2 Å². The molecule has 1 aliphatic carbocycles. The lowest BCUT2D eigenvalue weighted by Crippen LogP contribution is -2.40. The van der Waals surface area contributed by atoms with Crippen LogP contribution < -0.4 is 0 Å². The highest BCUT2D eigenvalue weighted by Crippen LogP contribution is 2.64. The smallest absolute Gasteiger partial charge is 0.341 e. The van der Waals surface area contributed by atoms with Crippen molar-refractivity contribution in [3.05, 3.63) is 35.4 Å². The molecule has 1 aliphatic heterocycles. The lowest BCUT2D eigenvalue weighted by atomic mass is 9.72. The number of carbonyl (C=O) groups excluding carboxylic acids is 1. The number of rotatable bonds is 2. The first kappa shape index (κ1) is 12.7. The highest BCUT2D eigenvalue weighted by molar-refractivity contribution is 5.86. The van der Waals surface area contributed by atoms with Crippen molar-refractivity contribution in [1.29, 1.82) is 0 Å². The minimum atomic E-state index is -0.793. The van der Waals surface area contributed by atoms with Crippen molar-refractivity contribution in [2.75, 3.05) is 7.11 Å². The number of ether oxygens (including phenoxy) is 2. The number of aryl methyl sites for hydroxylation is 1. The van der Waals surface area contributed by atoms with Gasteiger partial charge in [0.25, 0.3) is 0 Å². The van der Waals surface area contributed by atoms with Crippen LogP contribution in [0.2, 0.25) is 0 Å². The molecule has 1 heterocycles. The molecule has 2 aliphatic rings. The van der Waals surface area contributed by atoms with Gasteiger partial charge in [0.05, 0.1) is 7.11 Å². The topological polar surface area (TPSA) is 38.8 Å². The van der Waals surface area contributed by atoms with E-state index in [4.69, 9.17) is 9.47 Å². The summed E-state index contributed by atoms with van der Waals surface area (Å²) in [7, 11) is 1.44. The zero-order valence-corrected chi connectivity index (χ0v) is 11.7. The molecule has 1 aromatic carbocycles. The van der Waals surface area contributed by atoms with E-state index in [0.717, 1.165) is 19.3 Å². The van der Waals surface area contributed by atoms with Crippen molar-refractivity contribution in [2.24, 2.45) is 5.92 Å². The van der Waals surface area contributed by atoms with E-state index in [2.05, 4.69) is 18.2 Å². The molecular formula is C16H20O3. The summed E-state index contributed by atoms with van der Waals surface area (Å²) in [5.74, 6) is -0.134. The average Bonchev–Trinajstić information content (AvgIpc) is 3.09. The number of hydrogen-bond acceptors (Lipinski definition) is 3. The second kappa shape index (κ2) is 4.07. The Hall–Kier alpha value is -1.35. The Balaban J connectivity index is 2.10. The minimum absolute atomic E-state index is 0.103. The summed E-state index contributed by atoms with van der Waals surface area (Å²) in [6.45, 7) is 4.06. The van der Waals surface area contributed by atoms with Gasteiger partial charge >= 0.3 is 5.97 Å². The summed E-state index contributed by atoms with van der Waals surface area (Å²) in [5.41, 5.74) is 1.24. The van der Waals surface area contributed by atoms with Crippen molar-refractivity contribution in [1.82, 2.24) is 0 Å². The van der Waals surface area contributed by atoms with Gasteiger partial charge in [0, 0.05) is 0 Å². The third-order valence-corrected chi connectivity index (χ3v) is 4.62. The van der Waals surface area contributed by atoms with E-state index in [1.165, 1.54) is 18.2 Å². The summed E-state index contributed by atoms with van der Waals surface area (Å²) in [5, 5.41) is 0. The Kier molecular flexibility index (Phi) is 2.72. The second-order valence-electron chi connectivity index (χ2n) is 5.82. The highest BCUT2D eigenvalue weighted by Gasteiger charge is 2.77. The van der Waals surface area contributed by atoms with Crippen LogP contribution in [-0.2, 0) is 26.3 Å². The maximum atomic E-state index is 12.3. The normalized spacial score (nSPS) is 32.2. The molecule has 102 valence electrons. The number of methoxy groups -OCH3 is 1. The Labute approximate surface area is 113 Å². The first-order valence-electron chi connectivity index (χ1n) is 6.95.